The molecule has 0 aliphatic rings. The van der Waals surface area contributed by atoms with Crippen molar-refractivity contribution in [3.8, 4) is 0 Å². The van der Waals surface area contributed by atoms with Crippen molar-refractivity contribution >= 4 is 10.8 Å². The summed E-state index contributed by atoms with van der Waals surface area (Å²) >= 11 is 0. The van der Waals surface area contributed by atoms with E-state index in [1.807, 2.05) is 6.20 Å². The Morgan fingerprint density at radius 2 is 1.70 bits per heavy atom. The summed E-state index contributed by atoms with van der Waals surface area (Å²) in [7, 11) is 0. The van der Waals surface area contributed by atoms with Gasteiger partial charge in [-0.3, -0.25) is 4.98 Å². The van der Waals surface area contributed by atoms with Crippen molar-refractivity contribution in [2.24, 2.45) is 0 Å². The molecule has 0 aliphatic carbocycles. The molecule has 0 spiro atoms. The number of hydrogen-bond donors (Lipinski definition) is 0. The van der Waals surface area contributed by atoms with Crippen LogP contribution in [-0.2, 0) is 10.8 Å². The van der Waals surface area contributed by atoms with Crippen LogP contribution in [0.15, 0.2) is 30.6 Å². The fourth-order valence-electron chi connectivity index (χ4n) is 2.93. The Bertz CT molecular complexity index is 603. The van der Waals surface area contributed by atoms with Gasteiger partial charge in [-0.15, -0.1) is 0 Å². The molecule has 0 radical (unpaired) electrons. The lowest BCUT2D eigenvalue weighted by Crippen LogP contribution is -2.18. The SMILES string of the molecule is CCCC(C)(C)c1cncc2ccc(C(C)(C)C)cc12. The van der Waals surface area contributed by atoms with E-state index in [-0.39, 0.29) is 10.8 Å². The van der Waals surface area contributed by atoms with Gasteiger partial charge in [0.15, 0.2) is 0 Å². The maximum atomic E-state index is 4.45. The monoisotopic (exact) mass is 269 g/mol. The highest BCUT2D eigenvalue weighted by Crippen LogP contribution is 2.35. The Hall–Kier alpha value is -1.37. The fraction of sp³-hybridized carbons (Fsp3) is 0.526. The fourth-order valence-corrected chi connectivity index (χ4v) is 2.93. The van der Waals surface area contributed by atoms with Crippen molar-refractivity contribution in [2.75, 3.05) is 0 Å². The van der Waals surface area contributed by atoms with Crippen LogP contribution in [0.1, 0.15) is 65.5 Å². The first-order valence-corrected chi connectivity index (χ1v) is 7.64. The van der Waals surface area contributed by atoms with E-state index in [9.17, 15) is 0 Å². The van der Waals surface area contributed by atoms with Gasteiger partial charge in [-0.2, -0.15) is 0 Å². The normalized spacial score (nSPS) is 12.9. The lowest BCUT2D eigenvalue weighted by Gasteiger charge is -2.27. The number of benzene rings is 1. The van der Waals surface area contributed by atoms with Crippen LogP contribution in [0, 0.1) is 0 Å². The first kappa shape index (κ1) is 15.0. The van der Waals surface area contributed by atoms with E-state index in [0.717, 1.165) is 0 Å². The summed E-state index contributed by atoms with van der Waals surface area (Å²) in [6.07, 6.45) is 6.42. The summed E-state index contributed by atoms with van der Waals surface area (Å²) in [5.74, 6) is 0. The van der Waals surface area contributed by atoms with E-state index in [4.69, 9.17) is 0 Å². The van der Waals surface area contributed by atoms with Crippen molar-refractivity contribution in [1.82, 2.24) is 4.98 Å². The molecule has 2 aromatic rings. The Morgan fingerprint density at radius 1 is 1.00 bits per heavy atom. The molecular weight excluding hydrogens is 242 g/mol. The van der Waals surface area contributed by atoms with Crippen LogP contribution in [0.2, 0.25) is 0 Å². The zero-order chi connectivity index (χ0) is 15.0. The summed E-state index contributed by atoms with van der Waals surface area (Å²) in [6, 6.07) is 6.82. The van der Waals surface area contributed by atoms with Crippen molar-refractivity contribution in [3.05, 3.63) is 41.7 Å². The Kier molecular flexibility index (Phi) is 3.90. The van der Waals surface area contributed by atoms with Crippen LogP contribution in [0.4, 0.5) is 0 Å². The van der Waals surface area contributed by atoms with E-state index in [1.165, 1.54) is 34.7 Å². The smallest absolute Gasteiger partial charge is 0.0346 e. The van der Waals surface area contributed by atoms with Gasteiger partial charge < -0.3 is 0 Å². The van der Waals surface area contributed by atoms with Gasteiger partial charge in [0.2, 0.25) is 0 Å². The highest BCUT2D eigenvalue weighted by atomic mass is 14.6. The lowest BCUT2D eigenvalue weighted by molar-refractivity contribution is 0.475. The molecule has 0 aliphatic heterocycles. The standard InChI is InChI=1S/C19H27N/c1-7-10-19(5,6)17-13-20-12-14-8-9-15(11-16(14)17)18(2,3)4/h8-9,11-13H,7,10H2,1-6H3. The van der Waals surface area contributed by atoms with Crippen LogP contribution >= 0.6 is 0 Å². The summed E-state index contributed by atoms with van der Waals surface area (Å²) in [6.45, 7) is 13.7. The molecule has 1 heterocycles. The molecule has 0 unspecified atom stereocenters. The molecule has 1 nitrogen and oxygen atoms in total. The largest absolute Gasteiger partial charge is 0.264 e. The van der Waals surface area contributed by atoms with E-state index < -0.39 is 0 Å². The molecule has 1 aromatic carbocycles. The maximum absolute atomic E-state index is 4.45. The molecule has 1 heteroatoms. The average molecular weight is 269 g/mol. The van der Waals surface area contributed by atoms with Gasteiger partial charge in [0.1, 0.15) is 0 Å². The quantitative estimate of drug-likeness (QED) is 0.705. The lowest BCUT2D eigenvalue weighted by atomic mass is 9.78. The van der Waals surface area contributed by atoms with Crippen molar-refractivity contribution < 1.29 is 0 Å². The van der Waals surface area contributed by atoms with Gasteiger partial charge in [-0.05, 0) is 33.8 Å². The zero-order valence-corrected chi connectivity index (χ0v) is 13.7. The second-order valence-electron chi connectivity index (χ2n) is 7.51. The minimum atomic E-state index is 0.178. The van der Waals surface area contributed by atoms with Crippen LogP contribution in [0.25, 0.3) is 10.8 Å². The predicted octanol–water partition coefficient (Wildman–Crippen LogP) is 5.61. The first-order chi connectivity index (χ1) is 9.25. The Labute approximate surface area is 123 Å². The van der Waals surface area contributed by atoms with Gasteiger partial charge in [0.05, 0.1) is 0 Å². The second-order valence-corrected chi connectivity index (χ2v) is 7.51. The molecular formula is C19H27N. The summed E-state index contributed by atoms with van der Waals surface area (Å²) in [5.41, 5.74) is 3.13. The topological polar surface area (TPSA) is 12.9 Å². The third-order valence-electron chi connectivity index (χ3n) is 4.23. The van der Waals surface area contributed by atoms with Crippen LogP contribution in [0.5, 0.6) is 0 Å². The summed E-state index contributed by atoms with van der Waals surface area (Å²) in [5, 5.41) is 2.62. The molecule has 2 rings (SSSR count). The van der Waals surface area contributed by atoms with Gasteiger partial charge in [-0.25, -0.2) is 0 Å². The first-order valence-electron chi connectivity index (χ1n) is 7.64. The third kappa shape index (κ3) is 2.87. The number of nitrogens with zero attached hydrogens (tertiary/aromatic N) is 1. The van der Waals surface area contributed by atoms with Crippen molar-refractivity contribution in [3.63, 3.8) is 0 Å². The number of aromatic nitrogens is 1. The van der Waals surface area contributed by atoms with Crippen LogP contribution < -0.4 is 0 Å². The van der Waals surface area contributed by atoms with E-state index >= 15 is 0 Å². The molecule has 108 valence electrons. The van der Waals surface area contributed by atoms with Crippen LogP contribution in [-0.4, -0.2) is 4.98 Å². The number of pyridine rings is 1. The molecule has 0 fully saturated rings. The average Bonchev–Trinajstić information content (AvgIpc) is 2.36. The molecule has 0 N–H and O–H groups in total. The number of hydrogen-bond acceptors (Lipinski definition) is 1. The minimum absolute atomic E-state index is 0.178. The second kappa shape index (κ2) is 5.20. The van der Waals surface area contributed by atoms with Gasteiger partial charge in [-0.1, -0.05) is 66.2 Å². The highest BCUT2D eigenvalue weighted by Gasteiger charge is 2.23. The van der Waals surface area contributed by atoms with Crippen LogP contribution in [0.3, 0.4) is 0 Å². The van der Waals surface area contributed by atoms with Gasteiger partial charge >= 0.3 is 0 Å². The predicted molar refractivity (Wildman–Crippen MR) is 88.4 cm³/mol. The van der Waals surface area contributed by atoms with E-state index in [0.29, 0.717) is 0 Å². The summed E-state index contributed by atoms with van der Waals surface area (Å²) in [4.78, 5) is 4.45. The zero-order valence-electron chi connectivity index (χ0n) is 13.7. The molecule has 20 heavy (non-hydrogen) atoms. The molecule has 0 bridgehead atoms. The van der Waals surface area contributed by atoms with Crippen molar-refractivity contribution in [2.45, 2.75) is 65.2 Å². The Morgan fingerprint density at radius 3 is 2.30 bits per heavy atom. The van der Waals surface area contributed by atoms with Crippen molar-refractivity contribution in [1.29, 1.82) is 0 Å². The number of rotatable bonds is 3. The number of fused-ring (bicyclic) bond motifs is 1. The maximum Gasteiger partial charge on any atom is 0.0346 e. The third-order valence-corrected chi connectivity index (χ3v) is 4.23. The molecule has 0 amide bonds. The minimum Gasteiger partial charge on any atom is -0.264 e. The molecule has 0 saturated carbocycles. The molecule has 0 saturated heterocycles. The van der Waals surface area contributed by atoms with E-state index in [1.54, 1.807) is 0 Å². The Balaban J connectivity index is 2.66. The summed E-state index contributed by atoms with van der Waals surface area (Å²) < 4.78 is 0. The van der Waals surface area contributed by atoms with E-state index in [2.05, 4.69) is 70.9 Å². The van der Waals surface area contributed by atoms with Gasteiger partial charge in [0, 0.05) is 17.8 Å². The highest BCUT2D eigenvalue weighted by molar-refractivity contribution is 5.86. The molecule has 1 aromatic heterocycles. The van der Waals surface area contributed by atoms with Gasteiger partial charge in [0.25, 0.3) is 0 Å². The molecule has 0 atom stereocenters.